The minimum atomic E-state index is -0.482. The van der Waals surface area contributed by atoms with Crippen LogP contribution < -0.4 is 5.73 Å². The maximum absolute atomic E-state index is 9.22. The fourth-order valence-corrected chi connectivity index (χ4v) is 1.53. The first-order valence-corrected chi connectivity index (χ1v) is 4.05. The zero-order chi connectivity index (χ0) is 7.56. The summed E-state index contributed by atoms with van der Waals surface area (Å²) in [4.78, 5) is 1.21. The van der Waals surface area contributed by atoms with E-state index in [9.17, 15) is 5.11 Å². The molecule has 0 spiro atoms. The highest BCUT2D eigenvalue weighted by Gasteiger charge is 2.05. The molecule has 1 aromatic rings. The first kappa shape index (κ1) is 7.72. The van der Waals surface area contributed by atoms with Crippen molar-refractivity contribution in [3.05, 3.63) is 21.9 Å². The highest BCUT2D eigenvalue weighted by Crippen LogP contribution is 2.18. The van der Waals surface area contributed by atoms with Crippen LogP contribution in [0, 0.1) is 6.92 Å². The summed E-state index contributed by atoms with van der Waals surface area (Å²) in [6.45, 7) is 2.31. The van der Waals surface area contributed by atoms with Gasteiger partial charge >= 0.3 is 0 Å². The van der Waals surface area contributed by atoms with Crippen molar-refractivity contribution in [3.63, 3.8) is 0 Å². The molecule has 2 nitrogen and oxygen atoms in total. The molecule has 0 saturated carbocycles. The van der Waals surface area contributed by atoms with Gasteiger partial charge in [-0.2, -0.15) is 0 Å². The summed E-state index contributed by atoms with van der Waals surface area (Å²) in [5, 5.41) is 11.2. The minimum absolute atomic E-state index is 0.302. The zero-order valence-corrected chi connectivity index (χ0v) is 6.69. The Hall–Kier alpha value is -0.380. The third kappa shape index (κ3) is 1.56. The lowest BCUT2D eigenvalue weighted by Gasteiger charge is -2.02. The van der Waals surface area contributed by atoms with Gasteiger partial charge < -0.3 is 10.8 Å². The van der Waals surface area contributed by atoms with E-state index in [0.29, 0.717) is 6.54 Å². The van der Waals surface area contributed by atoms with Crippen molar-refractivity contribution in [2.45, 2.75) is 13.0 Å². The molecule has 1 heterocycles. The van der Waals surface area contributed by atoms with E-state index in [1.165, 1.54) is 4.88 Å². The second kappa shape index (κ2) is 3.14. The van der Waals surface area contributed by atoms with Crippen molar-refractivity contribution in [2.24, 2.45) is 5.73 Å². The predicted molar refractivity (Wildman–Crippen MR) is 43.1 cm³/mol. The van der Waals surface area contributed by atoms with Crippen LogP contribution >= 0.6 is 11.3 Å². The Morgan fingerprint density at radius 3 is 2.90 bits per heavy atom. The third-order valence-corrected chi connectivity index (χ3v) is 2.24. The second-order valence-corrected chi connectivity index (χ2v) is 3.36. The molecular weight excluding hydrogens is 146 g/mol. The van der Waals surface area contributed by atoms with Crippen LogP contribution in [0.5, 0.6) is 0 Å². The molecule has 1 aromatic heterocycles. The second-order valence-electron chi connectivity index (χ2n) is 2.24. The Morgan fingerprint density at radius 1 is 1.80 bits per heavy atom. The Bertz CT molecular complexity index is 209. The lowest BCUT2D eigenvalue weighted by atomic mass is 10.2. The maximum Gasteiger partial charge on any atom is 0.0920 e. The molecule has 56 valence electrons. The predicted octanol–water partition coefficient (Wildman–Crippen LogP) is 1.05. The number of aliphatic hydroxyl groups is 1. The monoisotopic (exact) mass is 157 g/mol. The van der Waals surface area contributed by atoms with Gasteiger partial charge in [-0.15, -0.1) is 11.3 Å². The van der Waals surface area contributed by atoms with Crippen molar-refractivity contribution in [1.29, 1.82) is 0 Å². The summed E-state index contributed by atoms with van der Waals surface area (Å²) in [6, 6.07) is 1.96. The first-order valence-electron chi connectivity index (χ1n) is 3.17. The molecule has 0 fully saturated rings. The molecule has 0 amide bonds. The van der Waals surface area contributed by atoms with Crippen molar-refractivity contribution < 1.29 is 5.11 Å². The number of thiophene rings is 1. The van der Waals surface area contributed by atoms with Crippen molar-refractivity contribution in [1.82, 2.24) is 0 Å². The van der Waals surface area contributed by atoms with Crippen molar-refractivity contribution in [2.75, 3.05) is 6.54 Å². The van der Waals surface area contributed by atoms with Gasteiger partial charge in [-0.25, -0.2) is 0 Å². The van der Waals surface area contributed by atoms with Gasteiger partial charge in [0.2, 0.25) is 0 Å². The van der Waals surface area contributed by atoms with Crippen LogP contribution in [0.4, 0.5) is 0 Å². The van der Waals surface area contributed by atoms with Gasteiger partial charge in [0.05, 0.1) is 6.10 Å². The van der Waals surface area contributed by atoms with Crippen LogP contribution in [-0.2, 0) is 0 Å². The standard InChI is InChI=1S/C7H11NOS/c1-5-2-6(4-10-5)7(9)3-8/h2,4,7,9H,3,8H2,1H3/t7-/m0/s1. The molecule has 0 unspecified atom stereocenters. The van der Waals surface area contributed by atoms with Crippen LogP contribution in [0.25, 0.3) is 0 Å². The Kier molecular flexibility index (Phi) is 2.43. The maximum atomic E-state index is 9.22. The Labute approximate surface area is 64.3 Å². The summed E-state index contributed by atoms with van der Waals surface area (Å²) >= 11 is 1.63. The van der Waals surface area contributed by atoms with Gasteiger partial charge in [-0.05, 0) is 23.9 Å². The average molecular weight is 157 g/mol. The molecule has 0 aromatic carbocycles. The lowest BCUT2D eigenvalue weighted by molar-refractivity contribution is 0.187. The summed E-state index contributed by atoms with van der Waals surface area (Å²) in [6.07, 6.45) is -0.482. The minimum Gasteiger partial charge on any atom is -0.387 e. The zero-order valence-electron chi connectivity index (χ0n) is 5.87. The van der Waals surface area contributed by atoms with E-state index in [1.807, 2.05) is 18.4 Å². The Morgan fingerprint density at radius 2 is 2.50 bits per heavy atom. The first-order chi connectivity index (χ1) is 4.74. The molecule has 0 bridgehead atoms. The summed E-state index contributed by atoms with van der Waals surface area (Å²) in [7, 11) is 0. The lowest BCUT2D eigenvalue weighted by Crippen LogP contribution is -2.10. The van der Waals surface area contributed by atoms with Crippen LogP contribution in [0.1, 0.15) is 16.5 Å². The van der Waals surface area contributed by atoms with Crippen LogP contribution in [0.3, 0.4) is 0 Å². The van der Waals surface area contributed by atoms with Crippen molar-refractivity contribution >= 4 is 11.3 Å². The summed E-state index contributed by atoms with van der Waals surface area (Å²) in [5.74, 6) is 0. The van der Waals surface area contributed by atoms with Gasteiger partial charge in [-0.1, -0.05) is 0 Å². The third-order valence-electron chi connectivity index (χ3n) is 1.36. The molecule has 10 heavy (non-hydrogen) atoms. The highest BCUT2D eigenvalue weighted by atomic mass is 32.1. The van der Waals surface area contributed by atoms with E-state index in [0.717, 1.165) is 5.56 Å². The normalized spacial score (nSPS) is 13.5. The molecule has 0 aliphatic rings. The topological polar surface area (TPSA) is 46.2 Å². The number of aryl methyl sites for hydroxylation is 1. The largest absolute Gasteiger partial charge is 0.387 e. The van der Waals surface area contributed by atoms with Gasteiger partial charge in [-0.3, -0.25) is 0 Å². The quantitative estimate of drug-likeness (QED) is 0.674. The van der Waals surface area contributed by atoms with Crippen LogP contribution in [0.15, 0.2) is 11.4 Å². The highest BCUT2D eigenvalue weighted by molar-refractivity contribution is 7.10. The van der Waals surface area contributed by atoms with Gasteiger partial charge in [0.25, 0.3) is 0 Å². The molecule has 3 heteroatoms. The molecule has 0 radical (unpaired) electrons. The molecule has 1 rings (SSSR count). The Balaban J connectivity index is 2.74. The fourth-order valence-electron chi connectivity index (χ4n) is 0.775. The van der Waals surface area contributed by atoms with Crippen LogP contribution in [-0.4, -0.2) is 11.7 Å². The molecule has 0 saturated heterocycles. The summed E-state index contributed by atoms with van der Waals surface area (Å²) in [5.41, 5.74) is 6.20. The van der Waals surface area contributed by atoms with Gasteiger partial charge in [0, 0.05) is 11.4 Å². The average Bonchev–Trinajstić information content (AvgIpc) is 2.34. The SMILES string of the molecule is Cc1cc([C@@H](O)CN)cs1. The number of hydrogen-bond acceptors (Lipinski definition) is 3. The van der Waals surface area contributed by atoms with Gasteiger partial charge in [0.15, 0.2) is 0 Å². The van der Waals surface area contributed by atoms with E-state index in [2.05, 4.69) is 0 Å². The van der Waals surface area contributed by atoms with E-state index in [-0.39, 0.29) is 0 Å². The number of hydrogen-bond donors (Lipinski definition) is 2. The molecule has 0 aliphatic carbocycles. The number of aliphatic hydroxyl groups excluding tert-OH is 1. The molecule has 1 atom stereocenters. The molecule has 0 aliphatic heterocycles. The number of rotatable bonds is 2. The van der Waals surface area contributed by atoms with Crippen molar-refractivity contribution in [3.8, 4) is 0 Å². The molecular formula is C7H11NOS. The van der Waals surface area contributed by atoms with E-state index in [1.54, 1.807) is 11.3 Å². The smallest absolute Gasteiger partial charge is 0.0920 e. The fraction of sp³-hybridized carbons (Fsp3) is 0.429. The summed E-state index contributed by atoms with van der Waals surface area (Å²) < 4.78 is 0. The van der Waals surface area contributed by atoms with E-state index >= 15 is 0 Å². The number of nitrogens with two attached hydrogens (primary N) is 1. The van der Waals surface area contributed by atoms with Crippen LogP contribution in [0.2, 0.25) is 0 Å². The van der Waals surface area contributed by atoms with Gasteiger partial charge in [0.1, 0.15) is 0 Å². The van der Waals surface area contributed by atoms with E-state index in [4.69, 9.17) is 5.73 Å². The molecule has 3 N–H and O–H groups in total. The van der Waals surface area contributed by atoms with E-state index < -0.39 is 6.10 Å².